The predicted molar refractivity (Wildman–Crippen MR) is 110 cm³/mol. The molecule has 0 unspecified atom stereocenters. The monoisotopic (exact) mass is 499 g/mol. The van der Waals surface area contributed by atoms with E-state index in [-0.39, 0.29) is 23.9 Å². The summed E-state index contributed by atoms with van der Waals surface area (Å²) in [7, 11) is 0. The molecule has 6 rings (SSSR count). The summed E-state index contributed by atoms with van der Waals surface area (Å²) in [6, 6.07) is 10.1. The van der Waals surface area contributed by atoms with Gasteiger partial charge < -0.3 is 9.30 Å². The number of benzene rings is 1. The molecule has 150 valence electrons. The molecule has 4 nitrogen and oxygen atoms in total. The number of hydrogen-bond acceptors (Lipinski definition) is 3. The highest BCUT2D eigenvalue weighted by atomic mass is 127. The topological polar surface area (TPSA) is 30.3 Å². The first-order valence-electron chi connectivity index (χ1n) is 9.89. The van der Waals surface area contributed by atoms with Gasteiger partial charge in [0.05, 0.1) is 12.1 Å². The maximum absolute atomic E-state index is 13.5. The van der Waals surface area contributed by atoms with E-state index in [9.17, 15) is 8.78 Å². The van der Waals surface area contributed by atoms with Crippen molar-refractivity contribution in [2.75, 3.05) is 13.1 Å². The molecule has 2 aromatic rings. The van der Waals surface area contributed by atoms with Crippen LogP contribution < -0.4 is 0 Å². The average molecular weight is 499 g/mol. The van der Waals surface area contributed by atoms with Gasteiger partial charge in [0.25, 0.3) is 5.92 Å². The van der Waals surface area contributed by atoms with E-state index in [4.69, 9.17) is 4.74 Å². The van der Waals surface area contributed by atoms with Crippen LogP contribution in [0.4, 0.5) is 8.78 Å². The molecule has 1 saturated heterocycles. The Balaban J connectivity index is 1.22. The van der Waals surface area contributed by atoms with E-state index in [1.807, 2.05) is 18.2 Å². The summed E-state index contributed by atoms with van der Waals surface area (Å²) in [5.41, 5.74) is 1.41. The second-order valence-corrected chi connectivity index (χ2v) is 9.76. The van der Waals surface area contributed by atoms with Crippen molar-refractivity contribution in [3.05, 3.63) is 51.6 Å². The smallest absolute Gasteiger partial charge is 0.250 e. The van der Waals surface area contributed by atoms with Crippen LogP contribution in [0.25, 0.3) is 0 Å². The molecule has 0 N–H and O–H groups in total. The lowest BCUT2D eigenvalue weighted by Gasteiger charge is -2.74. The number of piperidine rings is 1. The van der Waals surface area contributed by atoms with Crippen molar-refractivity contribution in [1.82, 2.24) is 14.5 Å². The van der Waals surface area contributed by atoms with Gasteiger partial charge in [-0.25, -0.2) is 13.8 Å². The first kappa shape index (κ1) is 18.9. The van der Waals surface area contributed by atoms with E-state index >= 15 is 0 Å². The molecule has 0 radical (unpaired) electrons. The summed E-state index contributed by atoms with van der Waals surface area (Å²) >= 11 is 2.26. The molecule has 1 aromatic heterocycles. The fourth-order valence-corrected chi connectivity index (χ4v) is 5.87. The normalized spacial score (nSPS) is 31.2. The highest BCUT2D eigenvalue weighted by molar-refractivity contribution is 14.1. The molecule has 3 saturated carbocycles. The number of imidazole rings is 1. The van der Waals surface area contributed by atoms with Crippen LogP contribution in [0.5, 0.6) is 0 Å². The summed E-state index contributed by atoms with van der Waals surface area (Å²) in [5.74, 6) is -1.50. The lowest BCUT2D eigenvalue weighted by atomic mass is 9.43. The molecule has 3 aliphatic carbocycles. The number of likely N-dealkylation sites (tertiary alicyclic amines) is 1. The van der Waals surface area contributed by atoms with Crippen LogP contribution in [0.15, 0.2) is 36.5 Å². The summed E-state index contributed by atoms with van der Waals surface area (Å²) in [6.07, 6.45) is 5.26. The number of aromatic nitrogens is 2. The van der Waals surface area contributed by atoms with Gasteiger partial charge in [-0.05, 0) is 47.4 Å². The molecule has 7 heteroatoms. The summed E-state index contributed by atoms with van der Waals surface area (Å²) in [4.78, 5) is 7.00. The Morgan fingerprint density at radius 2 is 1.68 bits per heavy atom. The number of nitrogens with zero attached hydrogens (tertiary/aromatic N) is 3. The average Bonchev–Trinajstić information content (AvgIpc) is 2.95. The third-order valence-corrected chi connectivity index (χ3v) is 7.26. The molecule has 28 heavy (non-hydrogen) atoms. The van der Waals surface area contributed by atoms with Crippen molar-refractivity contribution < 1.29 is 13.5 Å². The lowest BCUT2D eigenvalue weighted by Crippen LogP contribution is -2.79. The molecule has 2 heterocycles. The second kappa shape index (κ2) is 6.74. The quantitative estimate of drug-likeness (QED) is 0.546. The first-order valence-corrected chi connectivity index (χ1v) is 11.0. The Hall–Kier alpha value is -1.06. The molecule has 1 aromatic carbocycles. The minimum Gasteiger partial charge on any atom is -0.369 e. The maximum Gasteiger partial charge on any atom is 0.250 e. The van der Waals surface area contributed by atoms with Gasteiger partial charge >= 0.3 is 0 Å². The second-order valence-electron chi connectivity index (χ2n) is 8.65. The van der Waals surface area contributed by atoms with E-state index in [0.29, 0.717) is 26.3 Å². The van der Waals surface area contributed by atoms with Crippen molar-refractivity contribution >= 4 is 22.6 Å². The van der Waals surface area contributed by atoms with Crippen molar-refractivity contribution in [2.45, 2.75) is 62.3 Å². The Morgan fingerprint density at radius 1 is 1.00 bits per heavy atom. The first-order chi connectivity index (χ1) is 13.4. The van der Waals surface area contributed by atoms with E-state index in [0.717, 1.165) is 34.4 Å². The summed E-state index contributed by atoms with van der Waals surface area (Å²) < 4.78 is 36.2. The number of rotatable bonds is 6. The largest absolute Gasteiger partial charge is 0.369 e. The standard InChI is InChI=1S/C21H24F2IN3O/c22-21(23)6-8-26(9-7-21)19-13-20(14-19,15-19)27-10-17(24)25-18(27)12-28-11-16-4-2-1-3-5-16/h1-5,10H,6-9,11-15H2. The van der Waals surface area contributed by atoms with Crippen LogP contribution >= 0.6 is 22.6 Å². The highest BCUT2D eigenvalue weighted by Crippen LogP contribution is 2.68. The van der Waals surface area contributed by atoms with Crippen molar-refractivity contribution in [1.29, 1.82) is 0 Å². The van der Waals surface area contributed by atoms with Gasteiger partial charge in [0, 0.05) is 37.7 Å². The molecule has 4 aliphatic rings. The molecular weight excluding hydrogens is 475 g/mol. The molecule has 0 spiro atoms. The highest BCUT2D eigenvalue weighted by Gasteiger charge is 2.71. The van der Waals surface area contributed by atoms with Crippen molar-refractivity contribution in [2.24, 2.45) is 0 Å². The van der Waals surface area contributed by atoms with Crippen molar-refractivity contribution in [3.63, 3.8) is 0 Å². The maximum atomic E-state index is 13.5. The third kappa shape index (κ3) is 3.19. The van der Waals surface area contributed by atoms with E-state index in [2.05, 4.69) is 55.4 Å². The fourth-order valence-electron chi connectivity index (χ4n) is 5.32. The van der Waals surface area contributed by atoms with Gasteiger partial charge in [-0.2, -0.15) is 0 Å². The van der Waals surface area contributed by atoms with Gasteiger partial charge in [-0.1, -0.05) is 30.3 Å². The zero-order chi connectivity index (χ0) is 19.4. The number of hydrogen-bond donors (Lipinski definition) is 0. The lowest BCUT2D eigenvalue weighted by molar-refractivity contribution is -0.224. The molecule has 2 bridgehead atoms. The third-order valence-electron chi connectivity index (χ3n) is 6.74. The van der Waals surface area contributed by atoms with Gasteiger partial charge in [-0.3, -0.25) is 4.90 Å². The van der Waals surface area contributed by atoms with Crippen molar-refractivity contribution in [3.8, 4) is 0 Å². The van der Waals surface area contributed by atoms with Crippen LogP contribution in [0.1, 0.15) is 43.5 Å². The zero-order valence-corrected chi connectivity index (χ0v) is 17.9. The van der Waals surface area contributed by atoms with Gasteiger partial charge in [-0.15, -0.1) is 0 Å². The molecule has 1 aliphatic heterocycles. The number of halogens is 3. The Labute approximate surface area is 177 Å². The molecule has 0 atom stereocenters. The van der Waals surface area contributed by atoms with Crippen LogP contribution in [0.2, 0.25) is 0 Å². The summed E-state index contributed by atoms with van der Waals surface area (Å²) in [5, 5.41) is 0. The predicted octanol–water partition coefficient (Wildman–Crippen LogP) is 4.57. The minimum atomic E-state index is -2.47. The van der Waals surface area contributed by atoms with Crippen LogP contribution in [-0.2, 0) is 23.5 Å². The number of ether oxygens (including phenoxy) is 1. The van der Waals surface area contributed by atoms with E-state index in [1.54, 1.807) is 0 Å². The van der Waals surface area contributed by atoms with E-state index in [1.165, 1.54) is 0 Å². The van der Waals surface area contributed by atoms with Crippen LogP contribution in [-0.4, -0.2) is 39.0 Å². The Kier molecular flexibility index (Phi) is 4.56. The van der Waals surface area contributed by atoms with Crippen LogP contribution in [0.3, 0.4) is 0 Å². The molecule has 0 amide bonds. The zero-order valence-electron chi connectivity index (χ0n) is 15.7. The molecular formula is C21H24F2IN3O. The Morgan fingerprint density at radius 3 is 2.36 bits per heavy atom. The Bertz CT molecular complexity index is 840. The minimum absolute atomic E-state index is 0.00327. The van der Waals surface area contributed by atoms with Crippen LogP contribution in [0, 0.1) is 3.70 Å². The SMILES string of the molecule is FC1(F)CCN(C23CC(n4cc(I)nc4COCc4ccccc4)(C2)C3)CC1. The van der Waals surface area contributed by atoms with E-state index < -0.39 is 5.92 Å². The fraction of sp³-hybridized carbons (Fsp3) is 0.571. The summed E-state index contributed by atoms with van der Waals surface area (Å²) in [6.45, 7) is 2.11. The van der Waals surface area contributed by atoms with Gasteiger partial charge in [0.15, 0.2) is 0 Å². The van der Waals surface area contributed by atoms with Gasteiger partial charge in [0.1, 0.15) is 16.1 Å². The van der Waals surface area contributed by atoms with Gasteiger partial charge in [0.2, 0.25) is 0 Å². The number of alkyl halides is 2. The molecule has 4 fully saturated rings.